The lowest BCUT2D eigenvalue weighted by Gasteiger charge is -2.31. The molecule has 0 amide bonds. The number of piperidine rings is 1. The summed E-state index contributed by atoms with van der Waals surface area (Å²) in [6, 6.07) is 9.40. The summed E-state index contributed by atoms with van der Waals surface area (Å²) >= 11 is 0. The lowest BCUT2D eigenvalue weighted by atomic mass is 9.93. The number of hydrogen-bond donors (Lipinski definition) is 2. The van der Waals surface area contributed by atoms with Crippen LogP contribution in [0.5, 0.6) is 0 Å². The van der Waals surface area contributed by atoms with E-state index in [1.807, 2.05) is 16.8 Å². The predicted molar refractivity (Wildman–Crippen MR) is 120 cm³/mol. The highest BCUT2D eigenvalue weighted by molar-refractivity contribution is 6.27. The SMILES string of the molecule is CC(C)n1nc(-c2nnc(CC3CCN(C4CC4)CC3)o2)c2ccccc21.O=C(O)C(=O)O. The Morgan fingerprint density at radius 3 is 2.33 bits per heavy atom. The monoisotopic (exact) mass is 455 g/mol. The van der Waals surface area contributed by atoms with Gasteiger partial charge in [-0.2, -0.15) is 5.10 Å². The molecule has 1 saturated heterocycles. The number of carboxylic acid groups (broad SMARTS) is 2. The molecule has 1 aromatic carbocycles. The highest BCUT2D eigenvalue weighted by atomic mass is 16.4. The van der Waals surface area contributed by atoms with Crippen LogP contribution in [0.3, 0.4) is 0 Å². The first-order valence-corrected chi connectivity index (χ1v) is 11.3. The Kier molecular flexibility index (Phi) is 6.73. The minimum absolute atomic E-state index is 0.280. The van der Waals surface area contributed by atoms with Crippen LogP contribution < -0.4 is 0 Å². The molecule has 3 aromatic rings. The van der Waals surface area contributed by atoms with Gasteiger partial charge in [-0.05, 0) is 64.6 Å². The Labute approximate surface area is 191 Å². The third-order valence-electron chi connectivity index (χ3n) is 6.13. The quantitative estimate of drug-likeness (QED) is 0.556. The maximum Gasteiger partial charge on any atom is 0.414 e. The molecule has 1 saturated carbocycles. The fraction of sp³-hybridized carbons (Fsp3) is 0.522. The Morgan fingerprint density at radius 2 is 1.73 bits per heavy atom. The fourth-order valence-electron chi connectivity index (χ4n) is 4.28. The summed E-state index contributed by atoms with van der Waals surface area (Å²) in [5, 5.41) is 29.3. The summed E-state index contributed by atoms with van der Waals surface area (Å²) in [7, 11) is 0. The van der Waals surface area contributed by atoms with Gasteiger partial charge in [0.05, 0.1) is 5.52 Å². The van der Waals surface area contributed by atoms with Crippen molar-refractivity contribution in [3.8, 4) is 11.6 Å². The number of carbonyl (C=O) groups is 2. The van der Waals surface area contributed by atoms with Crippen LogP contribution in [0.15, 0.2) is 28.7 Å². The van der Waals surface area contributed by atoms with Gasteiger partial charge in [0, 0.05) is 23.9 Å². The number of hydrogen-bond acceptors (Lipinski definition) is 7. The fourth-order valence-corrected chi connectivity index (χ4v) is 4.28. The van der Waals surface area contributed by atoms with Crippen molar-refractivity contribution in [1.82, 2.24) is 24.9 Å². The highest BCUT2D eigenvalue weighted by Gasteiger charge is 2.32. The molecule has 0 spiro atoms. The van der Waals surface area contributed by atoms with Gasteiger partial charge in [0.15, 0.2) is 5.69 Å². The lowest BCUT2D eigenvalue weighted by molar-refractivity contribution is -0.159. The van der Waals surface area contributed by atoms with E-state index in [0.717, 1.165) is 35.0 Å². The molecule has 5 rings (SSSR count). The number of aromatic nitrogens is 4. The van der Waals surface area contributed by atoms with Gasteiger partial charge >= 0.3 is 11.9 Å². The molecular weight excluding hydrogens is 426 g/mol. The Balaban J connectivity index is 0.000000385. The van der Waals surface area contributed by atoms with Crippen molar-refractivity contribution < 1.29 is 24.2 Å². The third kappa shape index (κ3) is 5.39. The molecule has 2 aromatic heterocycles. The van der Waals surface area contributed by atoms with E-state index in [1.165, 1.54) is 38.8 Å². The molecule has 3 heterocycles. The Hall–Kier alpha value is -3.27. The number of para-hydroxylation sites is 1. The minimum Gasteiger partial charge on any atom is -0.473 e. The molecule has 1 aliphatic carbocycles. The lowest BCUT2D eigenvalue weighted by Crippen LogP contribution is -2.35. The van der Waals surface area contributed by atoms with Gasteiger partial charge in [-0.25, -0.2) is 9.59 Å². The number of rotatable bonds is 5. The summed E-state index contributed by atoms with van der Waals surface area (Å²) in [5.41, 5.74) is 1.90. The molecule has 0 radical (unpaired) electrons. The summed E-state index contributed by atoms with van der Waals surface area (Å²) in [4.78, 5) is 20.9. The summed E-state index contributed by atoms with van der Waals surface area (Å²) in [5.74, 6) is -1.71. The van der Waals surface area contributed by atoms with Crippen LogP contribution in [-0.2, 0) is 16.0 Å². The molecule has 2 aliphatic rings. The third-order valence-corrected chi connectivity index (χ3v) is 6.13. The topological polar surface area (TPSA) is 135 Å². The number of carboxylic acids is 2. The van der Waals surface area contributed by atoms with Crippen molar-refractivity contribution in [2.45, 2.75) is 58.0 Å². The van der Waals surface area contributed by atoms with E-state index < -0.39 is 11.9 Å². The van der Waals surface area contributed by atoms with E-state index in [0.29, 0.717) is 11.8 Å². The van der Waals surface area contributed by atoms with E-state index in [9.17, 15) is 0 Å². The van der Waals surface area contributed by atoms with E-state index in [4.69, 9.17) is 29.3 Å². The first-order valence-electron chi connectivity index (χ1n) is 11.3. The maximum atomic E-state index is 9.10. The molecule has 33 heavy (non-hydrogen) atoms. The molecule has 2 N–H and O–H groups in total. The molecule has 1 aliphatic heterocycles. The average Bonchev–Trinajstić information content (AvgIpc) is 3.42. The number of nitrogens with zero attached hydrogens (tertiary/aromatic N) is 5. The molecule has 0 bridgehead atoms. The molecule has 10 heteroatoms. The standard InChI is InChI=1S/C21H27N5O.C2H2O4/c1-14(2)26-18-6-4-3-5-17(18)20(24-26)21-23-22-19(27-21)13-15-9-11-25(12-10-15)16-7-8-16;3-1(4)2(5)6/h3-6,14-16H,7-13H2,1-2H3;(H,3,4)(H,5,6). The van der Waals surface area contributed by atoms with Gasteiger partial charge in [0.1, 0.15) is 0 Å². The largest absolute Gasteiger partial charge is 0.473 e. The van der Waals surface area contributed by atoms with Gasteiger partial charge in [-0.15, -0.1) is 10.2 Å². The van der Waals surface area contributed by atoms with Crippen LogP contribution in [-0.4, -0.2) is 66.2 Å². The van der Waals surface area contributed by atoms with Crippen LogP contribution in [0.25, 0.3) is 22.5 Å². The first-order chi connectivity index (χ1) is 15.8. The van der Waals surface area contributed by atoms with Crippen molar-refractivity contribution in [2.75, 3.05) is 13.1 Å². The van der Waals surface area contributed by atoms with Gasteiger partial charge in [0.25, 0.3) is 5.89 Å². The smallest absolute Gasteiger partial charge is 0.414 e. The second kappa shape index (κ2) is 9.70. The second-order valence-electron chi connectivity index (χ2n) is 8.93. The zero-order valence-corrected chi connectivity index (χ0v) is 18.8. The molecule has 176 valence electrons. The minimum atomic E-state index is -1.82. The van der Waals surface area contributed by atoms with Gasteiger partial charge in [0.2, 0.25) is 5.89 Å². The average molecular weight is 456 g/mol. The van der Waals surface area contributed by atoms with E-state index >= 15 is 0 Å². The summed E-state index contributed by atoms with van der Waals surface area (Å²) < 4.78 is 8.08. The van der Waals surface area contributed by atoms with E-state index in [-0.39, 0.29) is 6.04 Å². The predicted octanol–water partition coefficient (Wildman–Crippen LogP) is 3.24. The van der Waals surface area contributed by atoms with Crippen molar-refractivity contribution in [1.29, 1.82) is 0 Å². The molecule has 0 unspecified atom stereocenters. The zero-order chi connectivity index (χ0) is 23.5. The number of benzene rings is 1. The highest BCUT2D eigenvalue weighted by Crippen LogP contribution is 2.33. The zero-order valence-electron chi connectivity index (χ0n) is 18.8. The van der Waals surface area contributed by atoms with Crippen LogP contribution in [0.1, 0.15) is 51.5 Å². The van der Waals surface area contributed by atoms with Gasteiger partial charge in [-0.3, -0.25) is 4.68 Å². The van der Waals surface area contributed by atoms with Crippen molar-refractivity contribution >= 4 is 22.8 Å². The van der Waals surface area contributed by atoms with Crippen molar-refractivity contribution in [3.63, 3.8) is 0 Å². The van der Waals surface area contributed by atoms with Crippen molar-refractivity contribution in [2.24, 2.45) is 5.92 Å². The molecule has 0 atom stereocenters. The van der Waals surface area contributed by atoms with E-state index in [2.05, 4.69) is 41.1 Å². The van der Waals surface area contributed by atoms with Crippen molar-refractivity contribution in [3.05, 3.63) is 30.2 Å². The maximum absolute atomic E-state index is 9.10. The van der Waals surface area contributed by atoms with Crippen LogP contribution >= 0.6 is 0 Å². The van der Waals surface area contributed by atoms with Gasteiger partial charge < -0.3 is 19.5 Å². The second-order valence-corrected chi connectivity index (χ2v) is 8.93. The first kappa shape index (κ1) is 22.9. The normalized spacial score (nSPS) is 17.2. The van der Waals surface area contributed by atoms with Crippen LogP contribution in [0.4, 0.5) is 0 Å². The number of aliphatic carboxylic acids is 2. The van der Waals surface area contributed by atoms with E-state index in [1.54, 1.807) is 0 Å². The molecule has 2 fully saturated rings. The van der Waals surface area contributed by atoms with Crippen LogP contribution in [0, 0.1) is 5.92 Å². The van der Waals surface area contributed by atoms with Crippen LogP contribution in [0.2, 0.25) is 0 Å². The summed E-state index contributed by atoms with van der Waals surface area (Å²) in [6.07, 6.45) is 6.15. The Morgan fingerprint density at radius 1 is 1.06 bits per heavy atom. The van der Waals surface area contributed by atoms with Gasteiger partial charge in [-0.1, -0.05) is 18.2 Å². The molecule has 10 nitrogen and oxygen atoms in total. The Bertz CT molecular complexity index is 1110. The molecular formula is C23H29N5O5. The number of likely N-dealkylation sites (tertiary alicyclic amines) is 1. The number of fused-ring (bicyclic) bond motifs is 1. The summed E-state index contributed by atoms with van der Waals surface area (Å²) in [6.45, 7) is 6.71.